The van der Waals surface area contributed by atoms with Crippen molar-refractivity contribution in [3.8, 4) is 11.5 Å². The number of carbonyl (C=O) groups excluding carboxylic acids is 1. The second-order valence-electron chi connectivity index (χ2n) is 5.70. The lowest BCUT2D eigenvalue weighted by atomic mass is 10.1. The molecule has 3 aromatic rings. The number of amides is 1. The standard InChI is InChI=1S/C19H16N2O3S/c1-12-8-19(21-15-5-3-2-4-14(12)15)25-10-18(22)20-13-6-7-16-17(9-13)24-11-23-16/h2-9H,10-11H2,1H3,(H,20,22). The average molecular weight is 352 g/mol. The predicted molar refractivity (Wildman–Crippen MR) is 98.4 cm³/mol. The summed E-state index contributed by atoms with van der Waals surface area (Å²) in [6.45, 7) is 2.27. The van der Waals surface area contributed by atoms with Crippen LogP contribution in [0.2, 0.25) is 0 Å². The molecule has 0 saturated heterocycles. The van der Waals surface area contributed by atoms with Gasteiger partial charge in [-0.3, -0.25) is 4.79 Å². The van der Waals surface area contributed by atoms with Crippen molar-refractivity contribution in [1.29, 1.82) is 0 Å². The summed E-state index contributed by atoms with van der Waals surface area (Å²) in [7, 11) is 0. The molecule has 0 aliphatic carbocycles. The second-order valence-corrected chi connectivity index (χ2v) is 6.70. The lowest BCUT2D eigenvalue weighted by Crippen LogP contribution is -2.14. The molecule has 1 aliphatic rings. The molecule has 6 heteroatoms. The maximum Gasteiger partial charge on any atom is 0.234 e. The quantitative estimate of drug-likeness (QED) is 0.719. The summed E-state index contributed by atoms with van der Waals surface area (Å²) in [4.78, 5) is 16.8. The molecule has 2 aromatic carbocycles. The van der Waals surface area contributed by atoms with Gasteiger partial charge in [-0.05, 0) is 36.8 Å². The first kappa shape index (κ1) is 15.8. The van der Waals surface area contributed by atoms with Crippen molar-refractivity contribution >= 4 is 34.3 Å². The van der Waals surface area contributed by atoms with Gasteiger partial charge < -0.3 is 14.8 Å². The van der Waals surface area contributed by atoms with E-state index < -0.39 is 0 Å². The van der Waals surface area contributed by atoms with E-state index in [2.05, 4.69) is 23.3 Å². The van der Waals surface area contributed by atoms with Gasteiger partial charge in [0, 0.05) is 17.1 Å². The summed E-state index contributed by atoms with van der Waals surface area (Å²) in [6, 6.07) is 15.4. The van der Waals surface area contributed by atoms with Crippen molar-refractivity contribution in [1.82, 2.24) is 4.98 Å². The number of fused-ring (bicyclic) bond motifs is 2. The molecule has 0 fully saturated rings. The number of nitrogens with zero attached hydrogens (tertiary/aromatic N) is 1. The molecule has 0 radical (unpaired) electrons. The molecule has 126 valence electrons. The molecule has 1 aromatic heterocycles. The first-order chi connectivity index (χ1) is 12.2. The number of aryl methyl sites for hydroxylation is 1. The third-order valence-electron chi connectivity index (χ3n) is 3.91. The van der Waals surface area contributed by atoms with E-state index >= 15 is 0 Å². The molecule has 5 nitrogen and oxygen atoms in total. The van der Waals surface area contributed by atoms with E-state index in [1.54, 1.807) is 18.2 Å². The normalized spacial score (nSPS) is 12.4. The van der Waals surface area contributed by atoms with Crippen LogP contribution >= 0.6 is 11.8 Å². The minimum absolute atomic E-state index is 0.0866. The van der Waals surface area contributed by atoms with Gasteiger partial charge >= 0.3 is 0 Å². The van der Waals surface area contributed by atoms with Crippen LogP contribution in [0.1, 0.15) is 5.56 Å². The van der Waals surface area contributed by atoms with Gasteiger partial charge in [0.25, 0.3) is 0 Å². The van der Waals surface area contributed by atoms with Gasteiger partial charge in [-0.1, -0.05) is 30.0 Å². The number of aromatic nitrogens is 1. The zero-order valence-corrected chi connectivity index (χ0v) is 14.4. The summed E-state index contributed by atoms with van der Waals surface area (Å²) < 4.78 is 10.6. The number of benzene rings is 2. The summed E-state index contributed by atoms with van der Waals surface area (Å²) >= 11 is 1.42. The van der Waals surface area contributed by atoms with Crippen LogP contribution in [-0.4, -0.2) is 23.4 Å². The minimum atomic E-state index is -0.0866. The number of nitrogens with one attached hydrogen (secondary N) is 1. The first-order valence-corrected chi connectivity index (χ1v) is 8.86. The molecule has 1 N–H and O–H groups in total. The monoisotopic (exact) mass is 352 g/mol. The van der Waals surface area contributed by atoms with E-state index in [0.29, 0.717) is 22.9 Å². The number of rotatable bonds is 4. The predicted octanol–water partition coefficient (Wildman–Crippen LogP) is 4.00. The molecule has 1 amide bonds. The van der Waals surface area contributed by atoms with Crippen LogP contribution in [-0.2, 0) is 4.79 Å². The largest absolute Gasteiger partial charge is 0.454 e. The fraction of sp³-hybridized carbons (Fsp3) is 0.158. The summed E-state index contributed by atoms with van der Waals surface area (Å²) in [6.07, 6.45) is 0. The Labute approximate surface area is 149 Å². The molecule has 4 rings (SSSR count). The van der Waals surface area contributed by atoms with E-state index in [-0.39, 0.29) is 12.7 Å². The van der Waals surface area contributed by atoms with Crippen molar-refractivity contribution < 1.29 is 14.3 Å². The zero-order valence-electron chi connectivity index (χ0n) is 13.6. The molecule has 0 saturated carbocycles. The Morgan fingerprint density at radius 1 is 1.16 bits per heavy atom. The molecule has 0 bridgehead atoms. The Kier molecular flexibility index (Phi) is 4.19. The van der Waals surface area contributed by atoms with Crippen molar-refractivity contribution in [3.05, 3.63) is 54.1 Å². The second kappa shape index (κ2) is 6.64. The van der Waals surface area contributed by atoms with Crippen molar-refractivity contribution in [2.24, 2.45) is 0 Å². The smallest absolute Gasteiger partial charge is 0.234 e. The van der Waals surface area contributed by atoms with E-state index in [0.717, 1.165) is 21.5 Å². The van der Waals surface area contributed by atoms with E-state index in [1.807, 2.05) is 24.3 Å². The fourth-order valence-electron chi connectivity index (χ4n) is 2.70. The maximum absolute atomic E-state index is 12.2. The first-order valence-electron chi connectivity index (χ1n) is 7.88. The van der Waals surface area contributed by atoms with Gasteiger partial charge in [-0.25, -0.2) is 4.98 Å². The Bertz CT molecular complexity index is 959. The molecule has 0 atom stereocenters. The van der Waals surface area contributed by atoms with Gasteiger partial charge in [0.1, 0.15) is 0 Å². The lowest BCUT2D eigenvalue weighted by molar-refractivity contribution is -0.113. The molecule has 25 heavy (non-hydrogen) atoms. The van der Waals surface area contributed by atoms with Gasteiger partial charge in [0.05, 0.1) is 16.3 Å². The number of anilines is 1. The number of ether oxygens (including phenoxy) is 2. The molecule has 0 spiro atoms. The highest BCUT2D eigenvalue weighted by Gasteiger charge is 2.14. The van der Waals surface area contributed by atoms with Crippen LogP contribution in [0.15, 0.2) is 53.6 Å². The topological polar surface area (TPSA) is 60.5 Å². The van der Waals surface area contributed by atoms with Crippen LogP contribution in [0.4, 0.5) is 5.69 Å². The highest BCUT2D eigenvalue weighted by atomic mass is 32.2. The number of carbonyl (C=O) groups is 1. The van der Waals surface area contributed by atoms with Crippen LogP contribution in [0.3, 0.4) is 0 Å². The molecule has 2 heterocycles. The zero-order chi connectivity index (χ0) is 17.2. The maximum atomic E-state index is 12.2. The van der Waals surface area contributed by atoms with Gasteiger partial charge in [-0.2, -0.15) is 0 Å². The Hall–Kier alpha value is -2.73. The summed E-state index contributed by atoms with van der Waals surface area (Å²) in [5.74, 6) is 1.55. The van der Waals surface area contributed by atoms with E-state index in [4.69, 9.17) is 9.47 Å². The van der Waals surface area contributed by atoms with E-state index in [1.165, 1.54) is 11.8 Å². The van der Waals surface area contributed by atoms with Crippen molar-refractivity contribution in [2.75, 3.05) is 17.9 Å². The Balaban J connectivity index is 1.42. The fourth-order valence-corrected chi connectivity index (χ4v) is 3.48. The average Bonchev–Trinajstić information content (AvgIpc) is 3.08. The molecule has 0 unspecified atom stereocenters. The molecular weight excluding hydrogens is 336 g/mol. The minimum Gasteiger partial charge on any atom is -0.454 e. The Morgan fingerprint density at radius 2 is 2.00 bits per heavy atom. The van der Waals surface area contributed by atoms with Crippen LogP contribution in [0, 0.1) is 6.92 Å². The van der Waals surface area contributed by atoms with Crippen molar-refractivity contribution in [2.45, 2.75) is 11.9 Å². The molecule has 1 aliphatic heterocycles. The van der Waals surface area contributed by atoms with Gasteiger partial charge in [-0.15, -0.1) is 0 Å². The van der Waals surface area contributed by atoms with E-state index in [9.17, 15) is 4.79 Å². The number of para-hydroxylation sites is 1. The highest BCUT2D eigenvalue weighted by Crippen LogP contribution is 2.34. The van der Waals surface area contributed by atoms with Crippen LogP contribution in [0.25, 0.3) is 10.9 Å². The summed E-state index contributed by atoms with van der Waals surface area (Å²) in [5, 5.41) is 4.85. The number of pyridine rings is 1. The van der Waals surface area contributed by atoms with Crippen LogP contribution in [0.5, 0.6) is 11.5 Å². The van der Waals surface area contributed by atoms with Gasteiger partial charge in [0.15, 0.2) is 11.5 Å². The molecular formula is C19H16N2O3S. The van der Waals surface area contributed by atoms with Gasteiger partial charge in [0.2, 0.25) is 12.7 Å². The third kappa shape index (κ3) is 3.39. The Morgan fingerprint density at radius 3 is 2.92 bits per heavy atom. The number of thioether (sulfide) groups is 1. The lowest BCUT2D eigenvalue weighted by Gasteiger charge is -2.08. The SMILES string of the molecule is Cc1cc(SCC(=O)Nc2ccc3c(c2)OCO3)nc2ccccc12. The summed E-state index contributed by atoms with van der Waals surface area (Å²) in [5.41, 5.74) is 2.79. The van der Waals surface area contributed by atoms with Crippen LogP contribution < -0.4 is 14.8 Å². The van der Waals surface area contributed by atoms with Crippen molar-refractivity contribution in [3.63, 3.8) is 0 Å². The third-order valence-corrected chi connectivity index (χ3v) is 4.82. The highest BCUT2D eigenvalue weighted by molar-refractivity contribution is 7.99. The number of hydrogen-bond donors (Lipinski definition) is 1. The number of hydrogen-bond acceptors (Lipinski definition) is 5.